The molecule has 3 aliphatic carbocycles. The Kier molecular flexibility index (Phi) is 3.86. The fourth-order valence-electron chi connectivity index (χ4n) is 5.34. The molecule has 0 radical (unpaired) electrons. The second-order valence-electron chi connectivity index (χ2n) is 8.70. The van der Waals surface area contributed by atoms with E-state index < -0.39 is 11.6 Å². The Balaban J connectivity index is 1.21. The van der Waals surface area contributed by atoms with Gasteiger partial charge in [-0.25, -0.2) is 8.78 Å². The molecule has 0 atom stereocenters. The van der Waals surface area contributed by atoms with Gasteiger partial charge in [0.15, 0.2) is 0 Å². The maximum absolute atomic E-state index is 13.3. The Morgan fingerprint density at radius 2 is 1.86 bits per heavy atom. The van der Waals surface area contributed by atoms with E-state index in [1.165, 1.54) is 12.1 Å². The van der Waals surface area contributed by atoms with Gasteiger partial charge in [0.05, 0.1) is 23.3 Å². The quantitative estimate of drug-likeness (QED) is 0.619. The van der Waals surface area contributed by atoms with Crippen molar-refractivity contribution in [3.05, 3.63) is 65.4 Å². The van der Waals surface area contributed by atoms with Crippen LogP contribution in [0.5, 0.6) is 0 Å². The van der Waals surface area contributed by atoms with Crippen LogP contribution in [0.4, 0.5) is 8.78 Å². The monoisotopic (exact) mass is 391 g/mol. The summed E-state index contributed by atoms with van der Waals surface area (Å²) in [5, 5.41) is 14.4. The number of hydrogen-bond acceptors (Lipinski definition) is 3. The molecule has 0 N–H and O–H groups in total. The van der Waals surface area contributed by atoms with Crippen LogP contribution >= 0.6 is 0 Å². The molecule has 29 heavy (non-hydrogen) atoms. The lowest BCUT2D eigenvalue weighted by atomic mass is 9.33. The predicted octanol–water partition coefficient (Wildman–Crippen LogP) is 4.56. The van der Waals surface area contributed by atoms with Crippen LogP contribution in [-0.2, 0) is 17.8 Å². The largest absolute Gasteiger partial charge is 0.299 e. The van der Waals surface area contributed by atoms with Crippen molar-refractivity contribution in [3.8, 4) is 6.07 Å². The van der Waals surface area contributed by atoms with Crippen LogP contribution in [0, 0.1) is 33.8 Å². The number of nitriles is 1. The number of carbonyl (C=O) groups excluding carboxylic acids is 1. The van der Waals surface area contributed by atoms with Crippen LogP contribution in [0.3, 0.4) is 0 Å². The van der Waals surface area contributed by atoms with Crippen molar-refractivity contribution in [1.82, 2.24) is 9.78 Å². The number of ketones is 1. The van der Waals surface area contributed by atoms with Crippen molar-refractivity contribution in [2.75, 3.05) is 0 Å². The molecule has 1 aromatic heterocycles. The molecule has 0 saturated heterocycles. The van der Waals surface area contributed by atoms with Crippen molar-refractivity contribution in [2.24, 2.45) is 10.8 Å². The number of aromatic nitrogens is 2. The lowest BCUT2D eigenvalue weighted by molar-refractivity contribution is -0.211. The van der Waals surface area contributed by atoms with Crippen LogP contribution in [0.15, 0.2) is 42.6 Å². The summed E-state index contributed by atoms with van der Waals surface area (Å²) in [4.78, 5) is 12.7. The summed E-state index contributed by atoms with van der Waals surface area (Å²) in [6.45, 7) is 0.770. The number of benzene rings is 2. The van der Waals surface area contributed by atoms with Crippen molar-refractivity contribution in [1.29, 1.82) is 5.26 Å². The van der Waals surface area contributed by atoms with Gasteiger partial charge in [-0.2, -0.15) is 10.4 Å². The summed E-state index contributed by atoms with van der Waals surface area (Å²) in [6, 6.07) is 11.1. The lowest BCUT2D eigenvalue weighted by Crippen LogP contribution is -2.66. The topological polar surface area (TPSA) is 58.7 Å². The molecule has 0 spiro atoms. The predicted molar refractivity (Wildman–Crippen MR) is 103 cm³/mol. The van der Waals surface area contributed by atoms with Gasteiger partial charge in [-0.1, -0.05) is 0 Å². The summed E-state index contributed by atoms with van der Waals surface area (Å²) in [7, 11) is 0. The summed E-state index contributed by atoms with van der Waals surface area (Å²) in [5.74, 6) is -1.01. The number of rotatable bonds is 6. The first-order chi connectivity index (χ1) is 13.9. The second kappa shape index (κ2) is 6.21. The van der Waals surface area contributed by atoms with E-state index in [4.69, 9.17) is 5.26 Å². The number of nitrogens with zero attached hydrogens (tertiary/aromatic N) is 3. The third-order valence-electron chi connectivity index (χ3n) is 6.55. The summed E-state index contributed by atoms with van der Waals surface area (Å²) >= 11 is 0. The number of hydrogen-bond donors (Lipinski definition) is 0. The van der Waals surface area contributed by atoms with Crippen molar-refractivity contribution in [3.63, 3.8) is 0 Å². The Morgan fingerprint density at radius 3 is 2.55 bits per heavy atom. The molecule has 6 heteroatoms. The number of aryl methyl sites for hydroxylation is 1. The number of halogens is 2. The molecular weight excluding hydrogens is 372 g/mol. The molecule has 2 aromatic carbocycles. The highest BCUT2D eigenvalue weighted by molar-refractivity contribution is 5.88. The van der Waals surface area contributed by atoms with E-state index >= 15 is 0 Å². The number of Topliss-reactive ketones (excluding diaryl/α,β-unsaturated/α-hetero) is 1. The van der Waals surface area contributed by atoms with E-state index in [1.807, 2.05) is 16.8 Å². The maximum atomic E-state index is 13.3. The average molecular weight is 391 g/mol. The van der Waals surface area contributed by atoms with Gasteiger partial charge in [0.25, 0.3) is 0 Å². The Hall–Kier alpha value is -3.07. The van der Waals surface area contributed by atoms with E-state index in [9.17, 15) is 13.6 Å². The highest BCUT2D eigenvalue weighted by atomic mass is 19.1. The molecule has 0 aliphatic heterocycles. The highest BCUT2D eigenvalue weighted by Gasteiger charge is 2.70. The zero-order valence-corrected chi connectivity index (χ0v) is 15.8. The number of carbonyl (C=O) groups is 1. The third kappa shape index (κ3) is 2.93. The van der Waals surface area contributed by atoms with Crippen molar-refractivity contribution in [2.45, 2.75) is 38.6 Å². The van der Waals surface area contributed by atoms with Crippen LogP contribution < -0.4 is 0 Å². The normalized spacial score (nSPS) is 24.6. The zero-order valence-electron chi connectivity index (χ0n) is 15.8. The molecule has 2 bridgehead atoms. The van der Waals surface area contributed by atoms with E-state index in [0.29, 0.717) is 24.0 Å². The molecule has 146 valence electrons. The minimum Gasteiger partial charge on any atom is -0.299 e. The van der Waals surface area contributed by atoms with Gasteiger partial charge >= 0.3 is 0 Å². The molecule has 0 unspecified atom stereocenters. The third-order valence-corrected chi connectivity index (χ3v) is 6.55. The van der Waals surface area contributed by atoms with Gasteiger partial charge in [-0.15, -0.1) is 0 Å². The first-order valence-electron chi connectivity index (χ1n) is 9.74. The molecule has 0 amide bonds. The minimum atomic E-state index is -0.606. The molecule has 1 heterocycles. The van der Waals surface area contributed by atoms with Gasteiger partial charge in [-0.05, 0) is 67.0 Å². The molecule has 3 fully saturated rings. The Morgan fingerprint density at radius 1 is 1.14 bits per heavy atom. The minimum absolute atomic E-state index is 0.119. The van der Waals surface area contributed by atoms with Gasteiger partial charge in [-0.3, -0.25) is 9.48 Å². The SMILES string of the molecule is N#Cc1ccc2c(cnn2CC23CC(C(=O)CCc4cc(F)cc(F)c4)(C2)C3)c1. The summed E-state index contributed by atoms with van der Waals surface area (Å²) < 4.78 is 28.6. The Bertz CT molecular complexity index is 1150. The zero-order chi connectivity index (χ0) is 20.2. The fraction of sp³-hybridized carbons (Fsp3) is 0.348. The number of fused-ring (bicyclic) bond motifs is 1. The van der Waals surface area contributed by atoms with Crippen molar-refractivity contribution >= 4 is 16.7 Å². The molecule has 6 rings (SSSR count). The molecule has 3 saturated carbocycles. The van der Waals surface area contributed by atoms with E-state index in [1.54, 1.807) is 12.3 Å². The molecule has 3 aromatic rings. The summed E-state index contributed by atoms with van der Waals surface area (Å²) in [5.41, 5.74) is 2.01. The van der Waals surface area contributed by atoms with Gasteiger partial charge in [0, 0.05) is 29.8 Å². The van der Waals surface area contributed by atoms with Gasteiger partial charge in [0.1, 0.15) is 17.4 Å². The molecule has 3 aliphatic rings. The van der Waals surface area contributed by atoms with Crippen LogP contribution in [0.25, 0.3) is 10.9 Å². The van der Waals surface area contributed by atoms with E-state index in [2.05, 4.69) is 11.2 Å². The lowest BCUT2D eigenvalue weighted by Gasteiger charge is -2.69. The molecular formula is C23H19F2N3O. The van der Waals surface area contributed by atoms with Gasteiger partial charge in [0.2, 0.25) is 0 Å². The average Bonchev–Trinajstić information content (AvgIpc) is 3.02. The van der Waals surface area contributed by atoms with Gasteiger partial charge < -0.3 is 0 Å². The smallest absolute Gasteiger partial charge is 0.139 e. The molecule has 4 nitrogen and oxygen atoms in total. The Labute approximate surface area is 166 Å². The van der Waals surface area contributed by atoms with Crippen LogP contribution in [-0.4, -0.2) is 15.6 Å². The highest BCUT2D eigenvalue weighted by Crippen LogP contribution is 2.74. The first kappa shape index (κ1) is 18.0. The fourth-order valence-corrected chi connectivity index (χ4v) is 5.34. The summed E-state index contributed by atoms with van der Waals surface area (Å²) in [6.07, 6.45) is 5.03. The standard InChI is InChI=1S/C23H19F2N3O/c24-18-6-15(7-19(25)8-18)2-4-21(29)23-11-22(12-23,13-23)14-28-20-3-1-16(9-26)5-17(20)10-27-28/h1,3,5-8,10H,2,4,11-14H2. The van der Waals surface area contributed by atoms with E-state index in [0.717, 1.165) is 42.8 Å². The van der Waals surface area contributed by atoms with Crippen LogP contribution in [0.1, 0.15) is 36.8 Å². The van der Waals surface area contributed by atoms with Crippen LogP contribution in [0.2, 0.25) is 0 Å². The van der Waals surface area contributed by atoms with Crippen molar-refractivity contribution < 1.29 is 13.6 Å². The second-order valence-corrected chi connectivity index (χ2v) is 8.70. The first-order valence-corrected chi connectivity index (χ1v) is 9.74. The van der Waals surface area contributed by atoms with E-state index in [-0.39, 0.29) is 16.6 Å². The maximum Gasteiger partial charge on any atom is 0.139 e.